The number of aromatic nitrogens is 4. The van der Waals surface area contributed by atoms with E-state index in [-0.39, 0.29) is 16.5 Å². The maximum absolute atomic E-state index is 13.2. The number of carbonyl (C=O) groups is 1. The number of halogens is 1. The average molecular weight is 439 g/mol. The minimum absolute atomic E-state index is 0.0654. The zero-order chi connectivity index (χ0) is 22.2. The normalized spacial score (nSPS) is 12.6. The number of nitrogens with zero attached hydrogens (tertiary/aromatic N) is 4. The molecular formula is C21H18FN5O3S. The van der Waals surface area contributed by atoms with Gasteiger partial charge >= 0.3 is 0 Å². The molecule has 0 fully saturated rings. The lowest BCUT2D eigenvalue weighted by Crippen LogP contribution is -2.28. The van der Waals surface area contributed by atoms with Crippen LogP contribution in [0.15, 0.2) is 66.1 Å². The number of sulfone groups is 1. The van der Waals surface area contributed by atoms with E-state index in [1.807, 2.05) is 0 Å². The van der Waals surface area contributed by atoms with E-state index in [4.69, 9.17) is 0 Å². The Morgan fingerprint density at radius 3 is 2.61 bits per heavy atom. The van der Waals surface area contributed by atoms with Crippen LogP contribution in [0, 0.1) is 5.82 Å². The van der Waals surface area contributed by atoms with E-state index in [0.717, 1.165) is 6.26 Å². The fourth-order valence-electron chi connectivity index (χ4n) is 3.21. The molecule has 8 nitrogen and oxygen atoms in total. The molecule has 4 aromatic rings. The standard InChI is InChI=1S/C21H18FN5O3S/c1-13(14-7-9-23-19(11-14)31(2,29)30)25-21(28)20-17-8-10-27(18(17)12-24-26-20)16-5-3-15(22)4-6-16/h3-13H,1-2H3,(H,25,28)/t13-/m0/s1. The summed E-state index contributed by atoms with van der Waals surface area (Å²) in [5.41, 5.74) is 2.08. The van der Waals surface area contributed by atoms with Crippen molar-refractivity contribution in [2.45, 2.75) is 18.0 Å². The number of amides is 1. The summed E-state index contributed by atoms with van der Waals surface area (Å²) < 4.78 is 38.5. The maximum atomic E-state index is 13.2. The van der Waals surface area contributed by atoms with Crippen LogP contribution in [0.5, 0.6) is 0 Å². The summed E-state index contributed by atoms with van der Waals surface area (Å²) in [6.45, 7) is 1.73. The van der Waals surface area contributed by atoms with Crippen molar-refractivity contribution in [3.63, 3.8) is 0 Å². The van der Waals surface area contributed by atoms with Gasteiger partial charge in [0.25, 0.3) is 5.91 Å². The molecule has 1 amide bonds. The fraction of sp³-hybridized carbons (Fsp3) is 0.143. The SMILES string of the molecule is C[C@H](NC(=O)c1nncc2c1ccn2-c1ccc(F)cc1)c1ccnc(S(C)(=O)=O)c1. The van der Waals surface area contributed by atoms with E-state index in [9.17, 15) is 17.6 Å². The van der Waals surface area contributed by atoms with Crippen molar-refractivity contribution in [1.82, 2.24) is 25.1 Å². The third kappa shape index (κ3) is 4.15. The third-order valence-electron chi connectivity index (χ3n) is 4.82. The van der Waals surface area contributed by atoms with Crippen LogP contribution in [0.1, 0.15) is 29.0 Å². The summed E-state index contributed by atoms with van der Waals surface area (Å²) in [7, 11) is -3.47. The van der Waals surface area contributed by atoms with E-state index >= 15 is 0 Å². The molecule has 3 aromatic heterocycles. The van der Waals surface area contributed by atoms with E-state index in [1.54, 1.807) is 42.0 Å². The molecule has 31 heavy (non-hydrogen) atoms. The van der Waals surface area contributed by atoms with Gasteiger partial charge in [0.15, 0.2) is 20.6 Å². The molecular weight excluding hydrogens is 421 g/mol. The zero-order valence-electron chi connectivity index (χ0n) is 16.7. The predicted molar refractivity (Wildman–Crippen MR) is 112 cm³/mol. The van der Waals surface area contributed by atoms with Gasteiger partial charge < -0.3 is 9.88 Å². The summed E-state index contributed by atoms with van der Waals surface area (Å²) in [5, 5.41) is 11.3. The Bertz CT molecular complexity index is 1380. The van der Waals surface area contributed by atoms with Gasteiger partial charge in [0.1, 0.15) is 5.82 Å². The Labute approximate surface area is 177 Å². The molecule has 0 saturated heterocycles. The first-order chi connectivity index (χ1) is 14.7. The van der Waals surface area contributed by atoms with Crippen LogP contribution >= 0.6 is 0 Å². The van der Waals surface area contributed by atoms with Crippen LogP contribution in [0.4, 0.5) is 4.39 Å². The molecule has 3 heterocycles. The summed E-state index contributed by atoms with van der Waals surface area (Å²) in [6.07, 6.45) is 5.74. The van der Waals surface area contributed by atoms with Gasteiger partial charge in [0, 0.05) is 29.7 Å². The Morgan fingerprint density at radius 1 is 1.16 bits per heavy atom. The molecule has 4 rings (SSSR count). The molecule has 158 valence electrons. The first-order valence-corrected chi connectivity index (χ1v) is 11.2. The molecule has 0 saturated carbocycles. The number of rotatable bonds is 5. The number of benzene rings is 1. The van der Waals surface area contributed by atoms with Gasteiger partial charge in [-0.15, -0.1) is 5.10 Å². The second kappa shape index (κ2) is 7.88. The number of hydrogen-bond acceptors (Lipinski definition) is 6. The Morgan fingerprint density at radius 2 is 1.90 bits per heavy atom. The lowest BCUT2D eigenvalue weighted by molar-refractivity contribution is 0.0935. The molecule has 0 aliphatic carbocycles. The molecule has 0 bridgehead atoms. The highest BCUT2D eigenvalue weighted by Gasteiger charge is 2.19. The van der Waals surface area contributed by atoms with Crippen LogP contribution in [0.25, 0.3) is 16.6 Å². The molecule has 0 unspecified atom stereocenters. The van der Waals surface area contributed by atoms with Crippen LogP contribution in [-0.2, 0) is 9.84 Å². The van der Waals surface area contributed by atoms with E-state index < -0.39 is 21.8 Å². The van der Waals surface area contributed by atoms with Crippen LogP contribution in [0.2, 0.25) is 0 Å². The van der Waals surface area contributed by atoms with Crippen molar-refractivity contribution >= 4 is 26.6 Å². The third-order valence-corrected chi connectivity index (χ3v) is 5.81. The van der Waals surface area contributed by atoms with Gasteiger partial charge in [-0.05, 0) is 55.0 Å². The minimum atomic E-state index is -3.47. The average Bonchev–Trinajstić information content (AvgIpc) is 3.18. The number of hydrogen-bond donors (Lipinski definition) is 1. The van der Waals surface area contributed by atoms with Crippen molar-refractivity contribution in [2.24, 2.45) is 0 Å². The fourth-order valence-corrected chi connectivity index (χ4v) is 3.81. The molecule has 0 aliphatic rings. The highest BCUT2D eigenvalue weighted by molar-refractivity contribution is 7.90. The number of pyridine rings is 1. The molecule has 0 aliphatic heterocycles. The topological polar surface area (TPSA) is 107 Å². The quantitative estimate of drug-likeness (QED) is 0.512. The Balaban J connectivity index is 1.63. The van der Waals surface area contributed by atoms with E-state index in [2.05, 4.69) is 20.5 Å². The number of carbonyl (C=O) groups excluding carboxylic acids is 1. The predicted octanol–water partition coefficient (Wildman–Crippen LogP) is 2.85. The largest absolute Gasteiger partial charge is 0.344 e. The molecule has 1 aromatic carbocycles. The van der Waals surface area contributed by atoms with Gasteiger partial charge in [-0.1, -0.05) is 0 Å². The number of fused-ring (bicyclic) bond motifs is 1. The van der Waals surface area contributed by atoms with Gasteiger partial charge in [0.05, 0.1) is 17.8 Å². The smallest absolute Gasteiger partial charge is 0.272 e. The summed E-state index contributed by atoms with van der Waals surface area (Å²) in [5.74, 6) is -0.802. The second-order valence-electron chi connectivity index (χ2n) is 7.05. The zero-order valence-corrected chi connectivity index (χ0v) is 17.5. The lowest BCUT2D eigenvalue weighted by Gasteiger charge is -2.15. The van der Waals surface area contributed by atoms with Gasteiger partial charge in [-0.2, -0.15) is 5.10 Å². The van der Waals surface area contributed by atoms with Gasteiger partial charge in [0.2, 0.25) is 0 Å². The van der Waals surface area contributed by atoms with E-state index in [1.165, 1.54) is 30.6 Å². The molecule has 10 heteroatoms. The monoisotopic (exact) mass is 439 g/mol. The molecule has 1 N–H and O–H groups in total. The minimum Gasteiger partial charge on any atom is -0.344 e. The highest BCUT2D eigenvalue weighted by atomic mass is 32.2. The molecule has 1 atom stereocenters. The van der Waals surface area contributed by atoms with E-state index in [0.29, 0.717) is 22.2 Å². The number of nitrogens with one attached hydrogen (secondary N) is 1. The summed E-state index contributed by atoms with van der Waals surface area (Å²) in [4.78, 5) is 16.8. The maximum Gasteiger partial charge on any atom is 0.272 e. The summed E-state index contributed by atoms with van der Waals surface area (Å²) >= 11 is 0. The Hall–Kier alpha value is -3.66. The van der Waals surface area contributed by atoms with Crippen LogP contribution in [-0.4, -0.2) is 40.3 Å². The van der Waals surface area contributed by atoms with Crippen molar-refractivity contribution in [3.05, 3.63) is 78.1 Å². The van der Waals surface area contributed by atoms with Crippen molar-refractivity contribution in [1.29, 1.82) is 0 Å². The van der Waals surface area contributed by atoms with Crippen LogP contribution < -0.4 is 5.32 Å². The van der Waals surface area contributed by atoms with Crippen molar-refractivity contribution in [2.75, 3.05) is 6.26 Å². The van der Waals surface area contributed by atoms with Crippen molar-refractivity contribution in [3.8, 4) is 5.69 Å². The molecule has 0 radical (unpaired) electrons. The van der Waals surface area contributed by atoms with Gasteiger partial charge in [-0.3, -0.25) is 4.79 Å². The second-order valence-corrected chi connectivity index (χ2v) is 9.01. The summed E-state index contributed by atoms with van der Waals surface area (Å²) in [6, 6.07) is 10.3. The molecule has 0 spiro atoms. The van der Waals surface area contributed by atoms with Gasteiger partial charge in [-0.25, -0.2) is 17.8 Å². The Kier molecular flexibility index (Phi) is 5.24. The van der Waals surface area contributed by atoms with Crippen LogP contribution in [0.3, 0.4) is 0 Å². The highest BCUT2D eigenvalue weighted by Crippen LogP contribution is 2.23. The first-order valence-electron chi connectivity index (χ1n) is 9.29. The van der Waals surface area contributed by atoms with Crippen molar-refractivity contribution < 1.29 is 17.6 Å². The first kappa shape index (κ1) is 20.6. The lowest BCUT2D eigenvalue weighted by atomic mass is 10.1.